The van der Waals surface area contributed by atoms with Crippen molar-refractivity contribution in [3.05, 3.63) is 83.9 Å². The quantitative estimate of drug-likeness (QED) is 0.264. The van der Waals surface area contributed by atoms with Crippen LogP contribution in [0.15, 0.2) is 72.8 Å². The molecule has 0 radical (unpaired) electrons. The fraction of sp³-hybridized carbons (Fsp3) is 0.231. The third-order valence-corrected chi connectivity index (χ3v) is 4.94. The number of hydrogen-bond acceptors (Lipinski definition) is 4. The molecule has 0 fully saturated rings. The molecule has 0 bridgehead atoms. The monoisotopic (exact) mass is 401 g/mol. The molecule has 0 aliphatic heterocycles. The zero-order valence-corrected chi connectivity index (χ0v) is 17.3. The van der Waals surface area contributed by atoms with Crippen molar-refractivity contribution in [3.8, 4) is 5.75 Å². The van der Waals surface area contributed by atoms with Crippen LogP contribution in [-0.4, -0.2) is 19.2 Å². The van der Waals surface area contributed by atoms with Gasteiger partial charge in [0.15, 0.2) is 0 Å². The van der Waals surface area contributed by atoms with E-state index in [0.29, 0.717) is 11.1 Å². The van der Waals surface area contributed by atoms with Gasteiger partial charge in [0.1, 0.15) is 18.3 Å². The van der Waals surface area contributed by atoms with E-state index in [0.717, 1.165) is 48.4 Å². The third-order valence-electron chi connectivity index (χ3n) is 4.94. The van der Waals surface area contributed by atoms with Crippen LogP contribution >= 0.6 is 0 Å². The minimum atomic E-state index is 0.627. The van der Waals surface area contributed by atoms with Crippen molar-refractivity contribution in [2.24, 2.45) is 0 Å². The topological polar surface area (TPSA) is 46.6 Å². The van der Waals surface area contributed by atoms with Crippen molar-refractivity contribution in [1.29, 1.82) is 0 Å². The van der Waals surface area contributed by atoms with Gasteiger partial charge in [0.25, 0.3) is 0 Å². The van der Waals surface area contributed by atoms with Crippen LogP contribution in [0.25, 0.3) is 0 Å². The molecule has 154 valence electrons. The highest BCUT2D eigenvalue weighted by Gasteiger charge is 2.13. The Hall–Kier alpha value is -3.40. The molecule has 3 aromatic rings. The molecular weight excluding hydrogens is 374 g/mol. The van der Waals surface area contributed by atoms with Crippen LogP contribution in [0.1, 0.15) is 53.3 Å². The molecule has 4 nitrogen and oxygen atoms in total. The fourth-order valence-electron chi connectivity index (χ4n) is 3.26. The smallest absolute Gasteiger partial charge is 0.150 e. The van der Waals surface area contributed by atoms with Crippen molar-refractivity contribution in [2.45, 2.75) is 32.6 Å². The second-order valence-electron chi connectivity index (χ2n) is 7.16. The first-order chi connectivity index (χ1) is 14.7. The Kier molecular flexibility index (Phi) is 7.78. The van der Waals surface area contributed by atoms with Gasteiger partial charge < -0.3 is 9.64 Å². The molecule has 3 aromatic carbocycles. The van der Waals surface area contributed by atoms with Crippen molar-refractivity contribution >= 4 is 29.6 Å². The Morgan fingerprint density at radius 2 is 1.13 bits per heavy atom. The van der Waals surface area contributed by atoms with E-state index in [2.05, 4.69) is 11.8 Å². The summed E-state index contributed by atoms with van der Waals surface area (Å²) >= 11 is 0. The molecule has 0 saturated carbocycles. The number of unbranched alkanes of at least 4 members (excludes halogenated alkanes) is 3. The lowest BCUT2D eigenvalue weighted by Crippen LogP contribution is -2.10. The molecule has 0 saturated heterocycles. The lowest BCUT2D eigenvalue weighted by Gasteiger charge is -2.25. The van der Waals surface area contributed by atoms with E-state index >= 15 is 0 Å². The number of nitrogens with zero attached hydrogens (tertiary/aromatic N) is 1. The van der Waals surface area contributed by atoms with Crippen molar-refractivity contribution in [3.63, 3.8) is 0 Å². The lowest BCUT2D eigenvalue weighted by molar-refractivity contribution is 0.111. The molecule has 0 aliphatic rings. The summed E-state index contributed by atoms with van der Waals surface area (Å²) in [4.78, 5) is 24.1. The van der Waals surface area contributed by atoms with E-state index in [9.17, 15) is 9.59 Å². The van der Waals surface area contributed by atoms with Gasteiger partial charge in [-0.15, -0.1) is 0 Å². The lowest BCUT2D eigenvalue weighted by atomic mass is 10.1. The van der Waals surface area contributed by atoms with Gasteiger partial charge in [-0.05, 0) is 79.2 Å². The van der Waals surface area contributed by atoms with Gasteiger partial charge in [-0.3, -0.25) is 9.59 Å². The van der Waals surface area contributed by atoms with E-state index in [1.807, 2.05) is 48.5 Å². The number of carbonyl (C=O) groups excluding carboxylic acids is 2. The SMILES string of the molecule is CCCCCCOc1ccc(N(c2ccc(C=O)cc2)c2ccc(C=O)cc2)cc1. The highest BCUT2D eigenvalue weighted by atomic mass is 16.5. The zero-order chi connectivity index (χ0) is 21.2. The van der Waals surface area contributed by atoms with E-state index in [1.54, 1.807) is 24.3 Å². The van der Waals surface area contributed by atoms with Gasteiger partial charge >= 0.3 is 0 Å². The van der Waals surface area contributed by atoms with Gasteiger partial charge in [-0.2, -0.15) is 0 Å². The van der Waals surface area contributed by atoms with Crippen LogP contribution < -0.4 is 9.64 Å². The molecule has 30 heavy (non-hydrogen) atoms. The fourth-order valence-corrected chi connectivity index (χ4v) is 3.26. The van der Waals surface area contributed by atoms with Crippen LogP contribution in [-0.2, 0) is 0 Å². The van der Waals surface area contributed by atoms with Crippen LogP contribution in [0.2, 0.25) is 0 Å². The number of benzene rings is 3. The van der Waals surface area contributed by atoms with E-state index < -0.39 is 0 Å². The largest absolute Gasteiger partial charge is 0.494 e. The molecule has 0 aromatic heterocycles. The number of carbonyl (C=O) groups is 2. The first kappa shape index (κ1) is 21.3. The number of rotatable bonds is 11. The molecular formula is C26H27NO3. The van der Waals surface area contributed by atoms with Gasteiger partial charge in [-0.1, -0.05) is 26.2 Å². The summed E-state index contributed by atoms with van der Waals surface area (Å²) < 4.78 is 5.86. The molecule has 0 aliphatic carbocycles. The summed E-state index contributed by atoms with van der Waals surface area (Å²) in [6.45, 7) is 2.92. The summed E-state index contributed by atoms with van der Waals surface area (Å²) in [6.07, 6.45) is 6.37. The molecule has 3 rings (SSSR count). The molecule has 0 atom stereocenters. The zero-order valence-electron chi connectivity index (χ0n) is 17.3. The molecule has 0 unspecified atom stereocenters. The van der Waals surface area contributed by atoms with Gasteiger partial charge in [0, 0.05) is 28.2 Å². The van der Waals surface area contributed by atoms with Crippen LogP contribution in [0, 0.1) is 0 Å². The molecule has 4 heteroatoms. The minimum Gasteiger partial charge on any atom is -0.494 e. The second-order valence-corrected chi connectivity index (χ2v) is 7.16. The number of aldehydes is 2. The molecule has 0 heterocycles. The van der Waals surface area contributed by atoms with E-state index in [1.165, 1.54) is 19.3 Å². The predicted octanol–water partition coefficient (Wildman–Crippen LogP) is 6.74. The number of anilines is 3. The van der Waals surface area contributed by atoms with Crippen molar-refractivity contribution < 1.29 is 14.3 Å². The number of ether oxygens (including phenoxy) is 1. The average molecular weight is 402 g/mol. The van der Waals surface area contributed by atoms with Crippen molar-refractivity contribution in [1.82, 2.24) is 0 Å². The predicted molar refractivity (Wildman–Crippen MR) is 122 cm³/mol. The summed E-state index contributed by atoms with van der Waals surface area (Å²) in [5, 5.41) is 0. The van der Waals surface area contributed by atoms with Crippen LogP contribution in [0.4, 0.5) is 17.1 Å². The summed E-state index contributed by atoms with van der Waals surface area (Å²) in [6, 6.07) is 22.8. The first-order valence-corrected chi connectivity index (χ1v) is 10.4. The highest BCUT2D eigenvalue weighted by Crippen LogP contribution is 2.35. The maximum atomic E-state index is 11.0. The Labute approximate surface area is 178 Å². The molecule has 0 N–H and O–H groups in total. The maximum absolute atomic E-state index is 11.0. The van der Waals surface area contributed by atoms with Crippen LogP contribution in [0.5, 0.6) is 5.75 Å². The summed E-state index contributed by atoms with van der Waals surface area (Å²) in [5.41, 5.74) is 4.06. The van der Waals surface area contributed by atoms with Gasteiger partial charge in [-0.25, -0.2) is 0 Å². The van der Waals surface area contributed by atoms with E-state index in [4.69, 9.17) is 4.74 Å². The Balaban J connectivity index is 1.83. The normalized spacial score (nSPS) is 10.4. The minimum absolute atomic E-state index is 0.627. The van der Waals surface area contributed by atoms with E-state index in [-0.39, 0.29) is 0 Å². The summed E-state index contributed by atoms with van der Waals surface area (Å²) in [5.74, 6) is 0.850. The summed E-state index contributed by atoms with van der Waals surface area (Å²) in [7, 11) is 0. The van der Waals surface area contributed by atoms with Crippen LogP contribution in [0.3, 0.4) is 0 Å². The average Bonchev–Trinajstić information content (AvgIpc) is 2.81. The van der Waals surface area contributed by atoms with Gasteiger partial charge in [0.2, 0.25) is 0 Å². The third kappa shape index (κ3) is 5.57. The molecule has 0 amide bonds. The Morgan fingerprint density at radius 3 is 1.57 bits per heavy atom. The Bertz CT molecular complexity index is 880. The number of hydrogen-bond donors (Lipinski definition) is 0. The highest BCUT2D eigenvalue weighted by molar-refractivity contribution is 5.82. The first-order valence-electron chi connectivity index (χ1n) is 10.4. The Morgan fingerprint density at radius 1 is 0.667 bits per heavy atom. The molecule has 0 spiro atoms. The standard InChI is InChI=1S/C26H27NO3/c1-2-3-4-5-18-30-26-16-14-25(15-17-26)27(23-10-6-21(19-28)7-11-23)24-12-8-22(20-29)9-13-24/h6-17,19-20H,2-5,18H2,1H3. The van der Waals surface area contributed by atoms with Gasteiger partial charge in [0.05, 0.1) is 6.61 Å². The second kappa shape index (κ2) is 11.0. The maximum Gasteiger partial charge on any atom is 0.150 e. The van der Waals surface area contributed by atoms with Crippen molar-refractivity contribution in [2.75, 3.05) is 11.5 Å².